The maximum Gasteiger partial charge on any atom is 0.198 e. The van der Waals surface area contributed by atoms with Gasteiger partial charge in [-0.15, -0.1) is 0 Å². The molecule has 7 nitrogen and oxygen atoms in total. The molecule has 1 N–H and O–H groups in total. The van der Waals surface area contributed by atoms with Crippen molar-refractivity contribution in [1.29, 1.82) is 0 Å². The molecule has 2 heterocycles. The van der Waals surface area contributed by atoms with Crippen LogP contribution in [0.2, 0.25) is 0 Å². The van der Waals surface area contributed by atoms with Gasteiger partial charge >= 0.3 is 0 Å². The number of carbonyl (C=O) groups is 1. The number of ether oxygens (including phenoxy) is 1. The summed E-state index contributed by atoms with van der Waals surface area (Å²) in [6.45, 7) is 1.53. The number of hydrogen-bond donors (Lipinski definition) is 1. The highest BCUT2D eigenvalue weighted by Gasteiger charge is 2.28. The normalized spacial score (nSPS) is 17.9. The summed E-state index contributed by atoms with van der Waals surface area (Å²) in [4.78, 5) is 36.4. The molecule has 1 aromatic carbocycles. The predicted molar refractivity (Wildman–Crippen MR) is 97.5 cm³/mol. The fourth-order valence-electron chi connectivity index (χ4n) is 3.44. The first-order valence-electron chi connectivity index (χ1n) is 8.72. The lowest BCUT2D eigenvalue weighted by molar-refractivity contribution is -0.111. The molecular formula is C19H20FN3O4. The Bertz CT molecular complexity index is 836. The van der Waals surface area contributed by atoms with Gasteiger partial charge in [0.25, 0.3) is 0 Å². The van der Waals surface area contributed by atoms with Gasteiger partial charge in [0, 0.05) is 43.7 Å². The molecule has 8 heteroatoms. The Morgan fingerprint density at radius 3 is 2.56 bits per heavy atom. The van der Waals surface area contributed by atoms with Crippen molar-refractivity contribution in [1.82, 2.24) is 5.32 Å². The molecule has 0 saturated carbocycles. The van der Waals surface area contributed by atoms with Crippen molar-refractivity contribution in [3.8, 4) is 5.75 Å². The van der Waals surface area contributed by atoms with Crippen molar-refractivity contribution in [2.24, 2.45) is 5.92 Å². The second-order valence-corrected chi connectivity index (χ2v) is 6.50. The smallest absolute Gasteiger partial charge is 0.198 e. The third kappa shape index (κ3) is 3.72. The van der Waals surface area contributed by atoms with Gasteiger partial charge in [0.2, 0.25) is 0 Å². The van der Waals surface area contributed by atoms with E-state index in [1.54, 1.807) is 17.9 Å². The van der Waals surface area contributed by atoms with Gasteiger partial charge in [-0.1, -0.05) is 0 Å². The highest BCUT2D eigenvalue weighted by molar-refractivity contribution is 5.74. The fourth-order valence-corrected chi connectivity index (χ4v) is 3.44. The summed E-state index contributed by atoms with van der Waals surface area (Å²) >= 11 is 0. The molecule has 3 rings (SSSR count). The monoisotopic (exact) mass is 373 g/mol. The van der Waals surface area contributed by atoms with Crippen molar-refractivity contribution in [2.45, 2.75) is 19.3 Å². The molecule has 0 radical (unpaired) electrons. The summed E-state index contributed by atoms with van der Waals surface area (Å²) in [7, 11) is 1.43. The third-order valence-corrected chi connectivity index (χ3v) is 4.94. The zero-order valence-electron chi connectivity index (χ0n) is 15.0. The SMILES string of the molecule is COc1cc(N2CCC(C=O)CC2)cc(F)c1N1CCC(=C=O)NC1=C=O. The second-order valence-electron chi connectivity index (χ2n) is 6.50. The number of benzene rings is 1. The number of hydrogen-bond acceptors (Lipinski definition) is 7. The van der Waals surface area contributed by atoms with Gasteiger partial charge in [-0.3, -0.25) is 0 Å². The van der Waals surface area contributed by atoms with Crippen LogP contribution in [-0.2, 0) is 14.4 Å². The number of piperidine rings is 1. The number of halogens is 1. The number of anilines is 2. The van der Waals surface area contributed by atoms with E-state index in [0.29, 0.717) is 18.8 Å². The van der Waals surface area contributed by atoms with Gasteiger partial charge in [-0.2, -0.15) is 0 Å². The van der Waals surface area contributed by atoms with E-state index in [4.69, 9.17) is 4.74 Å². The number of rotatable bonds is 4. The quantitative estimate of drug-likeness (QED) is 0.632. The Hall–Kier alpha value is -3.08. The molecule has 1 aromatic rings. The van der Waals surface area contributed by atoms with Crippen molar-refractivity contribution in [3.05, 3.63) is 29.5 Å². The zero-order valence-corrected chi connectivity index (χ0v) is 15.0. The lowest BCUT2D eigenvalue weighted by Crippen LogP contribution is -2.39. The summed E-state index contributed by atoms with van der Waals surface area (Å²) in [5, 5.41) is 2.62. The molecule has 0 unspecified atom stereocenters. The van der Waals surface area contributed by atoms with Gasteiger partial charge < -0.3 is 24.6 Å². The summed E-state index contributed by atoms with van der Waals surface area (Å²) in [6, 6.07) is 3.11. The Morgan fingerprint density at radius 2 is 1.96 bits per heavy atom. The molecule has 2 aliphatic heterocycles. The first-order chi connectivity index (χ1) is 13.1. The first-order valence-corrected chi connectivity index (χ1v) is 8.72. The van der Waals surface area contributed by atoms with Crippen LogP contribution in [0.25, 0.3) is 0 Å². The predicted octanol–water partition coefficient (Wildman–Crippen LogP) is 1.44. The van der Waals surface area contributed by atoms with Crippen LogP contribution in [0.15, 0.2) is 23.7 Å². The summed E-state index contributed by atoms with van der Waals surface area (Å²) in [6.07, 6.45) is 2.71. The molecule has 0 amide bonds. The largest absolute Gasteiger partial charge is 0.494 e. The van der Waals surface area contributed by atoms with Crippen molar-refractivity contribution in [3.63, 3.8) is 0 Å². The van der Waals surface area contributed by atoms with Crippen molar-refractivity contribution < 1.29 is 23.5 Å². The summed E-state index contributed by atoms with van der Waals surface area (Å²) in [5.41, 5.74) is 0.992. The van der Waals surface area contributed by atoms with Crippen molar-refractivity contribution in [2.75, 3.05) is 36.5 Å². The average molecular weight is 373 g/mol. The van der Waals surface area contributed by atoms with E-state index in [1.807, 2.05) is 4.90 Å². The van der Waals surface area contributed by atoms with Crippen LogP contribution in [0.4, 0.5) is 15.8 Å². The van der Waals surface area contributed by atoms with E-state index in [0.717, 1.165) is 19.1 Å². The van der Waals surface area contributed by atoms with Crippen LogP contribution in [0.5, 0.6) is 5.75 Å². The van der Waals surface area contributed by atoms with Gasteiger partial charge in [0.1, 0.15) is 29.4 Å². The van der Waals surface area contributed by atoms with E-state index in [1.165, 1.54) is 18.1 Å². The molecule has 2 saturated heterocycles. The summed E-state index contributed by atoms with van der Waals surface area (Å²) in [5.74, 6) is 3.13. The lowest BCUT2D eigenvalue weighted by atomic mass is 9.98. The van der Waals surface area contributed by atoms with Crippen LogP contribution < -0.4 is 19.9 Å². The van der Waals surface area contributed by atoms with E-state index in [9.17, 15) is 14.4 Å². The highest BCUT2D eigenvalue weighted by atomic mass is 19.1. The molecular weight excluding hydrogens is 353 g/mol. The molecule has 2 aliphatic rings. The van der Waals surface area contributed by atoms with Crippen molar-refractivity contribution >= 4 is 29.5 Å². The maximum absolute atomic E-state index is 15.0. The number of nitrogens with zero attached hydrogens (tertiary/aromatic N) is 2. The number of nitrogens with one attached hydrogen (secondary N) is 1. The summed E-state index contributed by atoms with van der Waals surface area (Å²) < 4.78 is 20.4. The van der Waals surface area contributed by atoms with Crippen LogP contribution >= 0.6 is 0 Å². The Morgan fingerprint density at radius 1 is 1.22 bits per heavy atom. The van der Waals surface area contributed by atoms with E-state index < -0.39 is 5.82 Å². The molecule has 0 spiro atoms. The molecule has 0 bridgehead atoms. The molecule has 0 atom stereocenters. The minimum atomic E-state index is -0.546. The number of aldehydes is 1. The molecule has 142 valence electrons. The van der Waals surface area contributed by atoms with Gasteiger partial charge in [0.15, 0.2) is 17.6 Å². The standard InChI is InChI=1S/C19H20FN3O4/c1-27-17-9-15(22-5-2-13(10-24)3-6-22)8-16(20)19(17)23-7-4-14(11-25)21-18(23)12-26/h8-10,13,21H,2-7H2,1H3. The minimum absolute atomic E-state index is 0.0482. The second kappa shape index (κ2) is 8.08. The van der Waals surface area contributed by atoms with E-state index >= 15 is 4.39 Å². The van der Waals surface area contributed by atoms with Gasteiger partial charge in [-0.05, 0) is 18.9 Å². The highest BCUT2D eigenvalue weighted by Crippen LogP contribution is 2.38. The van der Waals surface area contributed by atoms with Crippen LogP contribution in [0, 0.1) is 11.7 Å². The number of carbonyl (C=O) groups excluding carboxylic acids is 3. The molecule has 27 heavy (non-hydrogen) atoms. The fraction of sp³-hybridized carbons (Fsp3) is 0.421. The van der Waals surface area contributed by atoms with Crippen LogP contribution in [0.3, 0.4) is 0 Å². The topological polar surface area (TPSA) is 79.0 Å². The van der Waals surface area contributed by atoms with Gasteiger partial charge in [-0.25, -0.2) is 14.0 Å². The Kier molecular flexibility index (Phi) is 5.60. The van der Waals surface area contributed by atoms with E-state index in [-0.39, 0.29) is 41.8 Å². The average Bonchev–Trinajstić information content (AvgIpc) is 2.72. The first kappa shape index (κ1) is 18.7. The van der Waals surface area contributed by atoms with Gasteiger partial charge in [0.05, 0.1) is 7.11 Å². The number of methoxy groups -OCH3 is 1. The lowest BCUT2D eigenvalue weighted by Gasteiger charge is -2.34. The third-order valence-electron chi connectivity index (χ3n) is 4.94. The molecule has 0 aliphatic carbocycles. The van der Waals surface area contributed by atoms with E-state index in [2.05, 4.69) is 5.32 Å². The Balaban J connectivity index is 1.92. The minimum Gasteiger partial charge on any atom is -0.494 e. The molecule has 2 fully saturated rings. The maximum atomic E-state index is 15.0. The van der Waals surface area contributed by atoms with Crippen LogP contribution in [0.1, 0.15) is 19.3 Å². The van der Waals surface area contributed by atoms with Crippen LogP contribution in [-0.4, -0.2) is 44.9 Å². The zero-order chi connectivity index (χ0) is 19.4. The molecule has 0 aromatic heterocycles. The Labute approximate surface area is 156 Å².